The molecule has 0 heterocycles. The summed E-state index contributed by atoms with van der Waals surface area (Å²) in [6, 6.07) is 11.1. The molecule has 0 fully saturated rings. The van der Waals surface area contributed by atoms with Crippen molar-refractivity contribution in [3.63, 3.8) is 0 Å². The predicted molar refractivity (Wildman–Crippen MR) is 102 cm³/mol. The molecule has 2 rings (SSSR count). The summed E-state index contributed by atoms with van der Waals surface area (Å²) in [6.07, 6.45) is 0. The van der Waals surface area contributed by atoms with E-state index >= 15 is 0 Å². The zero-order chi connectivity index (χ0) is 20.0. The van der Waals surface area contributed by atoms with E-state index in [-0.39, 0.29) is 17.0 Å². The summed E-state index contributed by atoms with van der Waals surface area (Å²) in [7, 11) is -3.68. The minimum absolute atomic E-state index is 0.0429. The van der Waals surface area contributed by atoms with Gasteiger partial charge in [-0.1, -0.05) is 25.1 Å². The molecule has 0 aromatic heterocycles. The van der Waals surface area contributed by atoms with E-state index < -0.39 is 28.5 Å². The molecule has 2 aromatic carbocycles. The van der Waals surface area contributed by atoms with Crippen molar-refractivity contribution < 1.29 is 22.7 Å². The Morgan fingerprint density at radius 1 is 1.07 bits per heavy atom. The van der Waals surface area contributed by atoms with Crippen molar-refractivity contribution in [2.45, 2.75) is 25.7 Å². The van der Waals surface area contributed by atoms with Crippen LogP contribution in [0.1, 0.15) is 28.4 Å². The van der Waals surface area contributed by atoms with Crippen LogP contribution in [0.5, 0.6) is 0 Å². The number of rotatable bonds is 7. The zero-order valence-electron chi connectivity index (χ0n) is 15.4. The van der Waals surface area contributed by atoms with Gasteiger partial charge in [-0.15, -0.1) is 0 Å². The van der Waals surface area contributed by atoms with Crippen LogP contribution in [0, 0.1) is 13.8 Å². The number of sulfonamides is 1. The van der Waals surface area contributed by atoms with Crippen molar-refractivity contribution in [2.24, 2.45) is 0 Å². The summed E-state index contributed by atoms with van der Waals surface area (Å²) in [5, 5.41) is 2.69. The van der Waals surface area contributed by atoms with E-state index in [1.165, 1.54) is 24.3 Å². The molecule has 1 amide bonds. The van der Waals surface area contributed by atoms with Gasteiger partial charge >= 0.3 is 5.97 Å². The van der Waals surface area contributed by atoms with E-state index in [0.29, 0.717) is 5.69 Å². The van der Waals surface area contributed by atoms with Gasteiger partial charge in [0.25, 0.3) is 5.91 Å². The van der Waals surface area contributed by atoms with E-state index in [1.807, 2.05) is 32.0 Å². The van der Waals surface area contributed by atoms with Crippen LogP contribution in [0.2, 0.25) is 0 Å². The topological polar surface area (TPSA) is 102 Å². The zero-order valence-corrected chi connectivity index (χ0v) is 16.2. The second kappa shape index (κ2) is 8.79. The smallest absolute Gasteiger partial charge is 0.338 e. The van der Waals surface area contributed by atoms with E-state index in [4.69, 9.17) is 4.74 Å². The number of ether oxygens (including phenoxy) is 1. The third-order valence-corrected chi connectivity index (χ3v) is 5.26. The van der Waals surface area contributed by atoms with Gasteiger partial charge < -0.3 is 10.1 Å². The Hall–Kier alpha value is -2.71. The highest BCUT2D eigenvalue weighted by atomic mass is 32.2. The van der Waals surface area contributed by atoms with Crippen LogP contribution in [0.15, 0.2) is 47.4 Å². The summed E-state index contributed by atoms with van der Waals surface area (Å²) < 4.78 is 31.4. The number of amides is 1. The molecular formula is C19H22N2O5S. The fraction of sp³-hybridized carbons (Fsp3) is 0.263. The highest BCUT2D eigenvalue weighted by Crippen LogP contribution is 2.16. The van der Waals surface area contributed by atoms with Crippen LogP contribution >= 0.6 is 0 Å². The number of benzene rings is 2. The summed E-state index contributed by atoms with van der Waals surface area (Å²) in [5.41, 5.74) is 2.58. The lowest BCUT2D eigenvalue weighted by Gasteiger charge is -2.10. The molecular weight excluding hydrogens is 368 g/mol. The second-order valence-corrected chi connectivity index (χ2v) is 7.74. The standard InChI is InChI=1S/C19H22N2O5S/c1-4-20-27(24,25)16-7-5-6-15(11-16)19(23)26-12-18(22)21-17-10-13(2)8-9-14(17)3/h5-11,20H,4,12H2,1-3H3,(H,21,22). The lowest BCUT2D eigenvalue weighted by atomic mass is 10.1. The maximum Gasteiger partial charge on any atom is 0.338 e. The van der Waals surface area contributed by atoms with Gasteiger partial charge in [0, 0.05) is 12.2 Å². The van der Waals surface area contributed by atoms with Gasteiger partial charge in [0.15, 0.2) is 6.61 Å². The van der Waals surface area contributed by atoms with Crippen molar-refractivity contribution in [3.8, 4) is 0 Å². The fourth-order valence-corrected chi connectivity index (χ4v) is 3.42. The van der Waals surface area contributed by atoms with Crippen molar-refractivity contribution in [1.82, 2.24) is 4.72 Å². The fourth-order valence-electron chi connectivity index (χ4n) is 2.33. The van der Waals surface area contributed by atoms with E-state index in [1.54, 1.807) is 6.92 Å². The van der Waals surface area contributed by atoms with Crippen molar-refractivity contribution >= 4 is 27.6 Å². The molecule has 0 unspecified atom stereocenters. The highest BCUT2D eigenvalue weighted by molar-refractivity contribution is 7.89. The Bertz CT molecular complexity index is 954. The van der Waals surface area contributed by atoms with Crippen LogP contribution < -0.4 is 10.0 Å². The first-order chi connectivity index (χ1) is 12.7. The molecule has 0 atom stereocenters. The molecule has 27 heavy (non-hydrogen) atoms. The minimum Gasteiger partial charge on any atom is -0.452 e. The van der Waals surface area contributed by atoms with Gasteiger partial charge in [-0.2, -0.15) is 0 Å². The minimum atomic E-state index is -3.68. The van der Waals surface area contributed by atoms with Crippen molar-refractivity contribution in [2.75, 3.05) is 18.5 Å². The summed E-state index contributed by atoms with van der Waals surface area (Å²) in [6.45, 7) is 5.18. The first-order valence-corrected chi connectivity index (χ1v) is 9.85. The number of esters is 1. The Labute approximate surface area is 158 Å². The molecule has 2 aromatic rings. The van der Waals surface area contributed by atoms with Gasteiger partial charge in [0.1, 0.15) is 0 Å². The van der Waals surface area contributed by atoms with Crippen molar-refractivity contribution in [1.29, 1.82) is 0 Å². The predicted octanol–water partition coefficient (Wildman–Crippen LogP) is 2.40. The van der Waals surface area contributed by atoms with Gasteiger partial charge in [-0.05, 0) is 49.2 Å². The molecule has 0 bridgehead atoms. The maximum absolute atomic E-state index is 12.1. The Balaban J connectivity index is 2.01. The van der Waals surface area contributed by atoms with E-state index in [9.17, 15) is 18.0 Å². The SMILES string of the molecule is CCNS(=O)(=O)c1cccc(C(=O)OCC(=O)Nc2cc(C)ccc2C)c1. The molecule has 0 spiro atoms. The lowest BCUT2D eigenvalue weighted by Crippen LogP contribution is -2.24. The molecule has 0 aliphatic rings. The van der Waals surface area contributed by atoms with Gasteiger partial charge in [-0.25, -0.2) is 17.9 Å². The van der Waals surface area contributed by atoms with Gasteiger partial charge in [-0.3, -0.25) is 4.79 Å². The van der Waals surface area contributed by atoms with Crippen LogP contribution in [-0.4, -0.2) is 33.4 Å². The third-order valence-electron chi connectivity index (χ3n) is 3.72. The summed E-state index contributed by atoms with van der Waals surface area (Å²) >= 11 is 0. The molecule has 0 saturated carbocycles. The molecule has 0 aliphatic carbocycles. The first kappa shape index (κ1) is 20.6. The Morgan fingerprint density at radius 2 is 1.81 bits per heavy atom. The highest BCUT2D eigenvalue weighted by Gasteiger charge is 2.17. The number of hydrogen-bond acceptors (Lipinski definition) is 5. The number of carbonyl (C=O) groups excluding carboxylic acids is 2. The summed E-state index contributed by atoms with van der Waals surface area (Å²) in [5.74, 6) is -1.26. The summed E-state index contributed by atoms with van der Waals surface area (Å²) in [4.78, 5) is 24.1. The number of hydrogen-bond donors (Lipinski definition) is 2. The largest absolute Gasteiger partial charge is 0.452 e. The number of carbonyl (C=O) groups is 2. The average molecular weight is 390 g/mol. The number of anilines is 1. The van der Waals surface area contributed by atoms with Crippen LogP contribution in [-0.2, 0) is 19.6 Å². The number of nitrogens with one attached hydrogen (secondary N) is 2. The van der Waals surface area contributed by atoms with Gasteiger partial charge in [0.05, 0.1) is 10.5 Å². The molecule has 0 saturated heterocycles. The first-order valence-electron chi connectivity index (χ1n) is 8.37. The van der Waals surface area contributed by atoms with Crippen LogP contribution in [0.4, 0.5) is 5.69 Å². The number of aryl methyl sites for hydroxylation is 2. The lowest BCUT2D eigenvalue weighted by molar-refractivity contribution is -0.119. The average Bonchev–Trinajstić information content (AvgIpc) is 2.63. The Morgan fingerprint density at radius 3 is 2.52 bits per heavy atom. The normalized spacial score (nSPS) is 11.1. The van der Waals surface area contributed by atoms with Crippen LogP contribution in [0.3, 0.4) is 0 Å². The molecule has 144 valence electrons. The molecule has 2 N–H and O–H groups in total. The molecule has 0 radical (unpaired) electrons. The quantitative estimate of drug-likeness (QED) is 0.707. The molecule has 8 heteroatoms. The Kier molecular flexibility index (Phi) is 6.70. The molecule has 7 nitrogen and oxygen atoms in total. The van der Waals surface area contributed by atoms with E-state index in [0.717, 1.165) is 11.1 Å². The third kappa shape index (κ3) is 5.63. The molecule has 0 aliphatic heterocycles. The van der Waals surface area contributed by atoms with Crippen molar-refractivity contribution in [3.05, 3.63) is 59.2 Å². The van der Waals surface area contributed by atoms with E-state index in [2.05, 4.69) is 10.0 Å². The monoisotopic (exact) mass is 390 g/mol. The van der Waals surface area contributed by atoms with Gasteiger partial charge in [0.2, 0.25) is 10.0 Å². The second-order valence-electron chi connectivity index (χ2n) is 5.97. The van der Waals surface area contributed by atoms with Crippen LogP contribution in [0.25, 0.3) is 0 Å². The maximum atomic E-state index is 12.1.